The molecule has 0 amide bonds. The van der Waals surface area contributed by atoms with Gasteiger partial charge in [0.2, 0.25) is 0 Å². The van der Waals surface area contributed by atoms with Crippen molar-refractivity contribution >= 4 is 10.2 Å². The third-order valence-electron chi connectivity index (χ3n) is 1.04. The lowest BCUT2D eigenvalue weighted by Crippen LogP contribution is -2.33. The van der Waals surface area contributed by atoms with Crippen molar-refractivity contribution in [3.8, 4) is 0 Å². The minimum absolute atomic E-state index is 0.171. The van der Waals surface area contributed by atoms with Gasteiger partial charge in [0.05, 0.1) is 6.54 Å². The molecule has 1 aromatic heterocycles. The third-order valence-corrected chi connectivity index (χ3v) is 1.64. The molecule has 0 saturated carbocycles. The number of hydrogen-bond acceptors (Lipinski definition) is 5. The molecule has 1 aromatic rings. The molecule has 0 spiro atoms. The zero-order chi connectivity index (χ0) is 9.03. The monoisotopic (exact) mass is 192 g/mol. The van der Waals surface area contributed by atoms with Crippen LogP contribution in [0.4, 0.5) is 0 Å². The summed E-state index contributed by atoms with van der Waals surface area (Å²) in [4.78, 5) is 0. The molecular weight excluding hydrogens is 184 g/mol. The molecule has 1 rings (SSSR count). The lowest BCUT2D eigenvalue weighted by molar-refractivity contribution is 0.554. The van der Waals surface area contributed by atoms with Gasteiger partial charge >= 0.3 is 0 Å². The summed E-state index contributed by atoms with van der Waals surface area (Å²) in [6.45, 7) is 0.521. The Hall–Kier alpha value is -1.06. The van der Waals surface area contributed by atoms with Gasteiger partial charge in [-0.25, -0.2) is 14.5 Å². The molecule has 68 valence electrons. The smallest absolute Gasteiger partial charge is 0.231 e. The first-order chi connectivity index (χ1) is 5.58. The highest BCUT2D eigenvalue weighted by atomic mass is 32.2. The fourth-order valence-electron chi connectivity index (χ4n) is 0.585. The summed E-state index contributed by atoms with van der Waals surface area (Å²) in [5.41, 5.74) is 0. The van der Waals surface area contributed by atoms with Crippen LogP contribution in [0.5, 0.6) is 0 Å². The van der Waals surface area contributed by atoms with Crippen molar-refractivity contribution in [1.29, 1.82) is 0 Å². The molecule has 1 heterocycles. The van der Waals surface area contributed by atoms with Crippen molar-refractivity contribution < 1.29 is 8.42 Å². The summed E-state index contributed by atoms with van der Waals surface area (Å²) < 4.78 is 24.2. The molecule has 0 saturated heterocycles. The predicted molar refractivity (Wildman–Crippen MR) is 38.9 cm³/mol. The van der Waals surface area contributed by atoms with Crippen molar-refractivity contribution in [1.82, 2.24) is 24.9 Å². The largest absolute Gasteiger partial charge is 0.274 e. The number of nitrogens with two attached hydrogens (primary N) is 1. The summed E-state index contributed by atoms with van der Waals surface area (Å²) in [6.07, 6.45) is 1.38. The number of tetrazole rings is 1. The average Bonchev–Trinajstić information content (AvgIpc) is 2.36. The Morgan fingerprint density at radius 1 is 1.58 bits per heavy atom. The number of rotatable bonds is 4. The van der Waals surface area contributed by atoms with E-state index >= 15 is 0 Å². The van der Waals surface area contributed by atoms with E-state index in [0.29, 0.717) is 6.54 Å². The summed E-state index contributed by atoms with van der Waals surface area (Å²) in [5.74, 6) is 0. The van der Waals surface area contributed by atoms with Crippen molar-refractivity contribution in [2.75, 3.05) is 6.54 Å². The SMILES string of the molecule is NS(=O)(=O)NCCn1cnnn1. The zero-order valence-electron chi connectivity index (χ0n) is 6.08. The van der Waals surface area contributed by atoms with E-state index in [4.69, 9.17) is 0 Å². The molecular formula is C3H8N6O2S. The first-order valence-corrected chi connectivity index (χ1v) is 4.61. The fraction of sp³-hybridized carbons (Fsp3) is 0.667. The van der Waals surface area contributed by atoms with Gasteiger partial charge in [0.25, 0.3) is 10.2 Å². The Morgan fingerprint density at radius 3 is 2.83 bits per heavy atom. The van der Waals surface area contributed by atoms with Gasteiger partial charge in [0.1, 0.15) is 6.33 Å². The second kappa shape index (κ2) is 3.56. The average molecular weight is 192 g/mol. The normalized spacial score (nSPS) is 11.8. The molecule has 0 bridgehead atoms. The molecule has 0 unspecified atom stereocenters. The van der Waals surface area contributed by atoms with Crippen LogP contribution in [0.1, 0.15) is 0 Å². The van der Waals surface area contributed by atoms with E-state index in [1.165, 1.54) is 11.0 Å². The van der Waals surface area contributed by atoms with Crippen LogP contribution in [0.15, 0.2) is 6.33 Å². The Balaban J connectivity index is 2.29. The summed E-state index contributed by atoms with van der Waals surface area (Å²) >= 11 is 0. The topological polar surface area (TPSA) is 116 Å². The highest BCUT2D eigenvalue weighted by molar-refractivity contribution is 7.87. The van der Waals surface area contributed by atoms with E-state index in [-0.39, 0.29) is 6.54 Å². The van der Waals surface area contributed by atoms with E-state index in [1.54, 1.807) is 0 Å². The number of nitrogens with zero attached hydrogens (tertiary/aromatic N) is 4. The van der Waals surface area contributed by atoms with Crippen LogP contribution < -0.4 is 9.86 Å². The van der Waals surface area contributed by atoms with Gasteiger partial charge in [-0.15, -0.1) is 5.10 Å². The standard InChI is InChI=1S/C3H8N6O2S/c4-12(10,11)6-1-2-9-3-5-7-8-9/h3,6H,1-2H2,(H2,4,10,11). The van der Waals surface area contributed by atoms with Crippen LogP contribution in [-0.4, -0.2) is 35.2 Å². The van der Waals surface area contributed by atoms with Crippen molar-refractivity contribution in [3.63, 3.8) is 0 Å². The van der Waals surface area contributed by atoms with Gasteiger partial charge in [-0.2, -0.15) is 8.42 Å². The minimum atomic E-state index is -3.61. The molecule has 0 aliphatic carbocycles. The minimum Gasteiger partial charge on any atom is -0.231 e. The lowest BCUT2D eigenvalue weighted by Gasteiger charge is -1.99. The van der Waals surface area contributed by atoms with Gasteiger partial charge in [0, 0.05) is 6.54 Å². The third kappa shape index (κ3) is 3.37. The van der Waals surface area contributed by atoms with Crippen molar-refractivity contribution in [2.45, 2.75) is 6.54 Å². The Labute approximate surface area is 68.9 Å². The molecule has 3 N–H and O–H groups in total. The Bertz CT molecular complexity index is 317. The van der Waals surface area contributed by atoms with Crippen LogP contribution in [0.2, 0.25) is 0 Å². The second-order valence-corrected chi connectivity index (χ2v) is 3.39. The maximum atomic E-state index is 10.4. The van der Waals surface area contributed by atoms with Crippen LogP contribution in [0.3, 0.4) is 0 Å². The summed E-state index contributed by atoms with van der Waals surface area (Å²) in [6, 6.07) is 0. The van der Waals surface area contributed by atoms with Crippen LogP contribution >= 0.6 is 0 Å². The zero-order valence-corrected chi connectivity index (χ0v) is 6.90. The van der Waals surface area contributed by atoms with E-state index in [9.17, 15) is 8.42 Å². The number of nitrogens with one attached hydrogen (secondary N) is 1. The van der Waals surface area contributed by atoms with E-state index in [1.807, 2.05) is 0 Å². The molecule has 8 nitrogen and oxygen atoms in total. The van der Waals surface area contributed by atoms with Crippen molar-refractivity contribution in [2.24, 2.45) is 5.14 Å². The fourth-order valence-corrected chi connectivity index (χ4v) is 0.961. The first-order valence-electron chi connectivity index (χ1n) is 3.06. The number of hydrogen-bond donors (Lipinski definition) is 2. The molecule has 12 heavy (non-hydrogen) atoms. The maximum Gasteiger partial charge on any atom is 0.274 e. The molecule has 9 heteroatoms. The Morgan fingerprint density at radius 2 is 2.33 bits per heavy atom. The van der Waals surface area contributed by atoms with Crippen molar-refractivity contribution in [3.05, 3.63) is 6.33 Å². The molecule has 0 atom stereocenters. The van der Waals surface area contributed by atoms with Crippen LogP contribution in [0, 0.1) is 0 Å². The van der Waals surface area contributed by atoms with Gasteiger partial charge in [0.15, 0.2) is 0 Å². The van der Waals surface area contributed by atoms with Crippen LogP contribution in [-0.2, 0) is 16.8 Å². The van der Waals surface area contributed by atoms with Gasteiger partial charge in [-0.3, -0.25) is 0 Å². The maximum absolute atomic E-state index is 10.4. The van der Waals surface area contributed by atoms with Crippen LogP contribution in [0.25, 0.3) is 0 Å². The highest BCUT2D eigenvalue weighted by Crippen LogP contribution is 1.76. The second-order valence-electron chi connectivity index (χ2n) is 2.01. The predicted octanol–water partition coefficient (Wildman–Crippen LogP) is -2.53. The first kappa shape index (κ1) is 9.03. The molecule has 0 radical (unpaired) electrons. The quantitative estimate of drug-likeness (QED) is 0.545. The van der Waals surface area contributed by atoms with E-state index in [0.717, 1.165) is 0 Å². The molecule has 0 aliphatic rings. The molecule has 0 aliphatic heterocycles. The molecule has 0 aromatic carbocycles. The van der Waals surface area contributed by atoms with Gasteiger partial charge in [-0.1, -0.05) is 0 Å². The highest BCUT2D eigenvalue weighted by Gasteiger charge is 1.99. The van der Waals surface area contributed by atoms with Gasteiger partial charge < -0.3 is 0 Å². The number of aromatic nitrogens is 4. The van der Waals surface area contributed by atoms with E-state index < -0.39 is 10.2 Å². The van der Waals surface area contributed by atoms with E-state index in [2.05, 4.69) is 25.4 Å². The lowest BCUT2D eigenvalue weighted by atomic mass is 10.7. The molecule has 0 fully saturated rings. The Kier molecular flexibility index (Phi) is 2.68. The van der Waals surface area contributed by atoms with Gasteiger partial charge in [-0.05, 0) is 10.4 Å². The summed E-state index contributed by atoms with van der Waals surface area (Å²) in [7, 11) is -3.61. The summed E-state index contributed by atoms with van der Waals surface area (Å²) in [5, 5.41) is 14.9.